The number of hydrogen-bond acceptors (Lipinski definition) is 12. The standard InChI is InChI=1S/C33H56O12S.Na/c1-17(2)19(15-44-46(40,41)42)7-6-18(3)21-13-23(34)29-32(21,5)11-9-26-31(4)10-8-20(12-22(31)24(35)14-33(26,29)39)45-30-28(38)27(37)25(36)16-43-30;/h6-7,17-30,34-39H,8-16H2,1-5H3,(H,40,41,42);/q;+1/p-1/b7-6+;/t18-,19+,20+,21-,22-,23+,24-,25-,26-,27+,28-,29-,30+,31+,32-,33+;/m1./s1. The Kier molecular flexibility index (Phi) is 12.6. The Morgan fingerprint density at radius 1 is 0.936 bits per heavy atom. The van der Waals surface area contributed by atoms with Gasteiger partial charge in [0.2, 0.25) is 10.4 Å². The summed E-state index contributed by atoms with van der Waals surface area (Å²) in [7, 11) is -4.80. The van der Waals surface area contributed by atoms with Crippen LogP contribution in [0.4, 0.5) is 0 Å². The molecule has 47 heavy (non-hydrogen) atoms. The van der Waals surface area contributed by atoms with Gasteiger partial charge in [0.25, 0.3) is 0 Å². The van der Waals surface area contributed by atoms with Crippen molar-refractivity contribution in [2.45, 2.75) is 128 Å². The van der Waals surface area contributed by atoms with E-state index in [-0.39, 0.29) is 90.8 Å². The van der Waals surface area contributed by atoms with Gasteiger partial charge in [-0.05, 0) is 78.9 Å². The molecule has 1 heterocycles. The van der Waals surface area contributed by atoms with Crippen LogP contribution in [0.25, 0.3) is 0 Å². The van der Waals surface area contributed by atoms with Gasteiger partial charge in [-0.3, -0.25) is 4.18 Å². The van der Waals surface area contributed by atoms with Crippen LogP contribution in [0.1, 0.15) is 79.6 Å². The Bertz CT molecular complexity index is 1220. The van der Waals surface area contributed by atoms with E-state index in [2.05, 4.69) is 25.0 Å². The molecule has 266 valence electrons. The molecule has 0 bridgehead atoms. The number of allylic oxidation sites excluding steroid dienone is 1. The number of ether oxygens (including phenoxy) is 2. The van der Waals surface area contributed by atoms with E-state index >= 15 is 0 Å². The molecule has 0 spiro atoms. The van der Waals surface area contributed by atoms with Gasteiger partial charge in [-0.1, -0.05) is 46.8 Å². The number of fused-ring (bicyclic) bond motifs is 5. The van der Waals surface area contributed by atoms with Gasteiger partial charge >= 0.3 is 29.6 Å². The van der Waals surface area contributed by atoms with Crippen LogP contribution in [0, 0.1) is 52.3 Å². The van der Waals surface area contributed by atoms with Gasteiger partial charge in [-0.25, -0.2) is 8.42 Å². The summed E-state index contributed by atoms with van der Waals surface area (Å²) in [6, 6.07) is 0. The van der Waals surface area contributed by atoms with E-state index in [0.717, 1.165) is 12.8 Å². The predicted molar refractivity (Wildman–Crippen MR) is 164 cm³/mol. The van der Waals surface area contributed by atoms with Gasteiger partial charge in [-0.15, -0.1) is 0 Å². The number of rotatable bonds is 9. The predicted octanol–water partition coefficient (Wildman–Crippen LogP) is -1.53. The molecule has 5 fully saturated rings. The molecule has 1 aliphatic heterocycles. The molecule has 12 nitrogen and oxygen atoms in total. The van der Waals surface area contributed by atoms with Crippen molar-refractivity contribution in [1.82, 2.24) is 0 Å². The van der Waals surface area contributed by atoms with Gasteiger partial charge < -0.3 is 44.7 Å². The van der Waals surface area contributed by atoms with Crippen LogP contribution >= 0.6 is 0 Å². The van der Waals surface area contributed by atoms with E-state index in [9.17, 15) is 43.6 Å². The second kappa shape index (κ2) is 14.7. The summed E-state index contributed by atoms with van der Waals surface area (Å²) in [5.74, 6) is -0.969. The monoisotopic (exact) mass is 698 g/mol. The largest absolute Gasteiger partial charge is 1.00 e. The minimum atomic E-state index is -4.80. The maximum absolute atomic E-state index is 12.6. The molecule has 5 aliphatic rings. The first kappa shape index (κ1) is 40.1. The third kappa shape index (κ3) is 7.60. The summed E-state index contributed by atoms with van der Waals surface area (Å²) in [5, 5.41) is 66.2. The van der Waals surface area contributed by atoms with Gasteiger partial charge in [-0.2, -0.15) is 0 Å². The van der Waals surface area contributed by atoms with Crippen molar-refractivity contribution in [1.29, 1.82) is 0 Å². The molecule has 4 saturated carbocycles. The zero-order valence-corrected chi connectivity index (χ0v) is 31.5. The molecule has 1 saturated heterocycles. The molecule has 0 aromatic heterocycles. The summed E-state index contributed by atoms with van der Waals surface area (Å²) in [6.45, 7) is 9.84. The van der Waals surface area contributed by atoms with Crippen molar-refractivity contribution in [2.24, 2.45) is 52.3 Å². The van der Waals surface area contributed by atoms with E-state index < -0.39 is 69.6 Å². The Morgan fingerprint density at radius 2 is 1.60 bits per heavy atom. The summed E-state index contributed by atoms with van der Waals surface area (Å²) in [6.07, 6.45) is 0.934. The SMILES string of the molecule is CC(C)[C@@H](/C=C/[C@@H](C)[C@H]1C[C@H](O)[C@@H]2[C@]1(C)CC[C@@H]1[C@@]3(C)CC[C@H](O[C@@H]4OC[C@@H](O)[C@H](O)[C@H]4O)C[C@@H]3[C@H](O)C[C@]12O)COS(=O)(=O)[O-].[Na+]. The van der Waals surface area contributed by atoms with Crippen LogP contribution in [0.5, 0.6) is 0 Å². The molecule has 0 unspecified atom stereocenters. The molecule has 0 radical (unpaired) electrons. The molecule has 14 heteroatoms. The van der Waals surface area contributed by atoms with E-state index in [4.69, 9.17) is 9.47 Å². The third-order valence-corrected chi connectivity index (χ3v) is 13.5. The van der Waals surface area contributed by atoms with Crippen molar-refractivity contribution in [3.8, 4) is 0 Å². The maximum Gasteiger partial charge on any atom is 1.00 e. The molecule has 6 N–H and O–H groups in total. The fourth-order valence-electron chi connectivity index (χ4n) is 10.6. The van der Waals surface area contributed by atoms with Gasteiger partial charge in [0.1, 0.15) is 18.3 Å². The molecule has 16 atom stereocenters. The summed E-state index contributed by atoms with van der Waals surface area (Å²) < 4.78 is 49.2. The normalized spacial score (nSPS) is 48.3. The summed E-state index contributed by atoms with van der Waals surface area (Å²) in [5.41, 5.74) is -2.09. The molecule has 4 aliphatic carbocycles. The first-order chi connectivity index (χ1) is 21.3. The minimum absolute atomic E-state index is 0. The first-order valence-electron chi connectivity index (χ1n) is 17.0. The Balaban J connectivity index is 0.00000500. The van der Waals surface area contributed by atoms with E-state index in [1.807, 2.05) is 26.0 Å². The van der Waals surface area contributed by atoms with Crippen molar-refractivity contribution in [3.63, 3.8) is 0 Å². The van der Waals surface area contributed by atoms with Crippen molar-refractivity contribution < 1.29 is 86.8 Å². The second-order valence-corrected chi connectivity index (χ2v) is 17.0. The zero-order valence-electron chi connectivity index (χ0n) is 28.6. The average Bonchev–Trinajstić information content (AvgIpc) is 3.24. The minimum Gasteiger partial charge on any atom is -0.726 e. The Labute approximate surface area is 301 Å². The van der Waals surface area contributed by atoms with Crippen LogP contribution in [0.2, 0.25) is 0 Å². The van der Waals surface area contributed by atoms with Crippen LogP contribution in [-0.4, -0.2) is 105 Å². The van der Waals surface area contributed by atoms with Crippen molar-refractivity contribution in [3.05, 3.63) is 12.2 Å². The third-order valence-electron chi connectivity index (χ3n) is 13.1. The van der Waals surface area contributed by atoms with E-state index in [1.165, 1.54) is 0 Å². The van der Waals surface area contributed by atoms with Crippen LogP contribution < -0.4 is 29.6 Å². The topological polar surface area (TPSA) is 206 Å². The van der Waals surface area contributed by atoms with Crippen molar-refractivity contribution >= 4 is 10.4 Å². The summed E-state index contributed by atoms with van der Waals surface area (Å²) >= 11 is 0. The quantitative estimate of drug-likeness (QED) is 0.0534. The Hall–Kier alpha value is 0.290. The molecule has 0 aromatic rings. The molecule has 5 rings (SSSR count). The molecular weight excluding hydrogens is 643 g/mol. The van der Waals surface area contributed by atoms with E-state index in [0.29, 0.717) is 25.7 Å². The number of aliphatic hydroxyl groups excluding tert-OH is 5. The maximum atomic E-state index is 12.6. The van der Waals surface area contributed by atoms with E-state index in [1.54, 1.807) is 0 Å². The number of hydrogen-bond donors (Lipinski definition) is 6. The van der Waals surface area contributed by atoms with Gasteiger partial charge in [0.05, 0.1) is 37.1 Å². The van der Waals surface area contributed by atoms with Gasteiger partial charge in [0, 0.05) is 18.3 Å². The second-order valence-electron chi connectivity index (χ2n) is 16.0. The van der Waals surface area contributed by atoms with Crippen LogP contribution in [0.3, 0.4) is 0 Å². The Morgan fingerprint density at radius 3 is 2.23 bits per heavy atom. The molecule has 0 amide bonds. The van der Waals surface area contributed by atoms with Gasteiger partial charge in [0.15, 0.2) is 6.29 Å². The molecule has 0 aromatic carbocycles. The van der Waals surface area contributed by atoms with Crippen LogP contribution in [-0.2, 0) is 24.1 Å². The number of aliphatic hydroxyl groups is 6. The smallest absolute Gasteiger partial charge is 0.726 e. The average molecular weight is 699 g/mol. The zero-order chi connectivity index (χ0) is 34.0. The molecular formula is C33H55NaO12S. The first-order valence-corrected chi connectivity index (χ1v) is 18.3. The summed E-state index contributed by atoms with van der Waals surface area (Å²) in [4.78, 5) is 0. The van der Waals surface area contributed by atoms with Crippen molar-refractivity contribution in [2.75, 3.05) is 13.2 Å². The fourth-order valence-corrected chi connectivity index (χ4v) is 10.9. The fraction of sp³-hybridized carbons (Fsp3) is 0.939. The van der Waals surface area contributed by atoms with Crippen LogP contribution in [0.15, 0.2) is 12.2 Å².